The minimum atomic E-state index is 0.0164. The number of para-hydroxylation sites is 1. The molecule has 1 aromatic carbocycles. The summed E-state index contributed by atoms with van der Waals surface area (Å²) in [5.41, 5.74) is 1.18. The van der Waals surface area contributed by atoms with Crippen molar-refractivity contribution in [1.82, 2.24) is 5.32 Å². The lowest BCUT2D eigenvalue weighted by Gasteiger charge is -2.39. The van der Waals surface area contributed by atoms with E-state index in [0.717, 1.165) is 25.9 Å². The summed E-state index contributed by atoms with van der Waals surface area (Å²) in [5.74, 6) is 0.443. The van der Waals surface area contributed by atoms with Crippen LogP contribution in [0.25, 0.3) is 0 Å². The second-order valence-corrected chi connectivity index (χ2v) is 5.25. The first-order valence-corrected chi connectivity index (χ1v) is 6.87. The molecular formula is C15H22N2O2. The van der Waals surface area contributed by atoms with Crippen LogP contribution in [0.15, 0.2) is 30.3 Å². The Morgan fingerprint density at radius 3 is 2.74 bits per heavy atom. The highest BCUT2D eigenvalue weighted by Crippen LogP contribution is 2.25. The third-order valence-corrected chi connectivity index (χ3v) is 3.60. The Hall–Kier alpha value is -1.55. The number of aliphatic hydroxyl groups is 1. The molecule has 1 amide bonds. The number of hydrogen-bond acceptors (Lipinski definition) is 3. The zero-order chi connectivity index (χ0) is 13.7. The Bertz CT molecular complexity index is 408. The first kappa shape index (κ1) is 13.9. The van der Waals surface area contributed by atoms with Gasteiger partial charge in [-0.05, 0) is 30.9 Å². The van der Waals surface area contributed by atoms with Gasteiger partial charge in [-0.15, -0.1) is 0 Å². The third-order valence-electron chi connectivity index (χ3n) is 3.60. The third kappa shape index (κ3) is 3.96. The Morgan fingerprint density at radius 1 is 1.37 bits per heavy atom. The lowest BCUT2D eigenvalue weighted by Crippen LogP contribution is -2.50. The van der Waals surface area contributed by atoms with E-state index in [0.29, 0.717) is 5.92 Å². The van der Waals surface area contributed by atoms with Crippen LogP contribution in [0, 0.1) is 5.92 Å². The minimum absolute atomic E-state index is 0.0164. The molecule has 0 bridgehead atoms. The van der Waals surface area contributed by atoms with Gasteiger partial charge in [-0.3, -0.25) is 4.79 Å². The molecule has 4 heteroatoms. The minimum Gasteiger partial charge on any atom is -0.396 e. The number of anilines is 1. The van der Waals surface area contributed by atoms with Crippen LogP contribution in [-0.2, 0) is 4.79 Å². The van der Waals surface area contributed by atoms with E-state index in [1.807, 2.05) is 18.2 Å². The summed E-state index contributed by atoms with van der Waals surface area (Å²) < 4.78 is 0. The van der Waals surface area contributed by atoms with Crippen LogP contribution in [0.4, 0.5) is 5.69 Å². The maximum absolute atomic E-state index is 11.2. The normalized spacial score (nSPS) is 23.2. The number of hydrogen-bond donors (Lipinski definition) is 2. The van der Waals surface area contributed by atoms with Gasteiger partial charge in [0.15, 0.2) is 0 Å². The molecule has 0 spiro atoms. The maximum atomic E-state index is 11.2. The van der Waals surface area contributed by atoms with Crippen molar-refractivity contribution < 1.29 is 9.90 Å². The molecule has 0 aliphatic carbocycles. The second-order valence-electron chi connectivity index (χ2n) is 5.25. The molecule has 4 nitrogen and oxygen atoms in total. The van der Waals surface area contributed by atoms with Crippen LogP contribution in [0.2, 0.25) is 0 Å². The van der Waals surface area contributed by atoms with E-state index in [-0.39, 0.29) is 18.6 Å². The second kappa shape index (κ2) is 6.57. The van der Waals surface area contributed by atoms with Gasteiger partial charge in [-0.1, -0.05) is 18.2 Å². The number of nitrogens with one attached hydrogen (secondary N) is 1. The number of aliphatic hydroxyl groups excluding tert-OH is 1. The van der Waals surface area contributed by atoms with Gasteiger partial charge in [-0.25, -0.2) is 0 Å². The van der Waals surface area contributed by atoms with Crippen molar-refractivity contribution >= 4 is 11.6 Å². The maximum Gasteiger partial charge on any atom is 0.217 e. The van der Waals surface area contributed by atoms with Crippen molar-refractivity contribution in [2.45, 2.75) is 25.8 Å². The fourth-order valence-electron chi connectivity index (χ4n) is 2.84. The standard InChI is InChI=1S/C15H22N2O2/c1-12(19)16-14-9-13(7-8-18)10-17(11-14)15-5-3-2-4-6-15/h2-6,13-14,18H,7-11H2,1H3,(H,16,19). The zero-order valence-corrected chi connectivity index (χ0v) is 11.4. The Balaban J connectivity index is 2.07. The summed E-state index contributed by atoms with van der Waals surface area (Å²) in [4.78, 5) is 13.5. The van der Waals surface area contributed by atoms with Gasteiger partial charge in [0.05, 0.1) is 0 Å². The molecule has 2 atom stereocenters. The predicted octanol–water partition coefficient (Wildman–Crippen LogP) is 1.40. The highest BCUT2D eigenvalue weighted by Gasteiger charge is 2.27. The largest absolute Gasteiger partial charge is 0.396 e. The van der Waals surface area contributed by atoms with E-state index in [2.05, 4.69) is 22.3 Å². The molecule has 1 fully saturated rings. The van der Waals surface area contributed by atoms with E-state index in [9.17, 15) is 4.79 Å². The Morgan fingerprint density at radius 2 is 2.11 bits per heavy atom. The number of amides is 1. The van der Waals surface area contributed by atoms with Crippen LogP contribution in [0.1, 0.15) is 19.8 Å². The van der Waals surface area contributed by atoms with Gasteiger partial charge in [0, 0.05) is 38.3 Å². The van der Waals surface area contributed by atoms with Crippen molar-refractivity contribution in [2.75, 3.05) is 24.6 Å². The molecule has 1 aromatic rings. The van der Waals surface area contributed by atoms with Gasteiger partial charge in [0.2, 0.25) is 5.91 Å². The number of carbonyl (C=O) groups excluding carboxylic acids is 1. The number of nitrogens with zero attached hydrogens (tertiary/aromatic N) is 1. The first-order valence-electron chi connectivity index (χ1n) is 6.87. The fraction of sp³-hybridized carbons (Fsp3) is 0.533. The van der Waals surface area contributed by atoms with Gasteiger partial charge < -0.3 is 15.3 Å². The van der Waals surface area contributed by atoms with Crippen molar-refractivity contribution in [2.24, 2.45) is 5.92 Å². The Labute approximate surface area is 114 Å². The molecule has 2 rings (SSSR count). The SMILES string of the molecule is CC(=O)NC1CC(CCO)CN(c2ccccc2)C1. The molecule has 0 saturated carbocycles. The summed E-state index contributed by atoms with van der Waals surface area (Å²) in [7, 11) is 0. The van der Waals surface area contributed by atoms with Gasteiger partial charge in [-0.2, -0.15) is 0 Å². The summed E-state index contributed by atoms with van der Waals surface area (Å²) >= 11 is 0. The van der Waals surface area contributed by atoms with Crippen molar-refractivity contribution in [1.29, 1.82) is 0 Å². The topological polar surface area (TPSA) is 52.6 Å². The number of benzene rings is 1. The van der Waals surface area contributed by atoms with Gasteiger partial charge in [0.25, 0.3) is 0 Å². The smallest absolute Gasteiger partial charge is 0.217 e. The highest BCUT2D eigenvalue weighted by molar-refractivity contribution is 5.73. The van der Waals surface area contributed by atoms with Gasteiger partial charge in [0.1, 0.15) is 0 Å². The average Bonchev–Trinajstić information content (AvgIpc) is 2.39. The van der Waals surface area contributed by atoms with Crippen LogP contribution in [-0.4, -0.2) is 36.8 Å². The van der Waals surface area contributed by atoms with Crippen molar-refractivity contribution in [3.63, 3.8) is 0 Å². The summed E-state index contributed by atoms with van der Waals surface area (Å²) in [6, 6.07) is 10.4. The van der Waals surface area contributed by atoms with E-state index in [4.69, 9.17) is 5.11 Å². The first-order chi connectivity index (χ1) is 9.19. The van der Waals surface area contributed by atoms with Crippen molar-refractivity contribution in [3.05, 3.63) is 30.3 Å². The summed E-state index contributed by atoms with van der Waals surface area (Å²) in [6.45, 7) is 3.55. The molecule has 0 aromatic heterocycles. The van der Waals surface area contributed by atoms with Crippen LogP contribution < -0.4 is 10.2 Å². The number of rotatable bonds is 4. The van der Waals surface area contributed by atoms with Gasteiger partial charge >= 0.3 is 0 Å². The molecule has 2 N–H and O–H groups in total. The number of carbonyl (C=O) groups is 1. The summed E-state index contributed by atoms with van der Waals surface area (Å²) in [5, 5.41) is 12.1. The summed E-state index contributed by atoms with van der Waals surface area (Å²) in [6.07, 6.45) is 1.74. The Kier molecular flexibility index (Phi) is 4.80. The molecule has 0 radical (unpaired) electrons. The highest BCUT2D eigenvalue weighted by atomic mass is 16.3. The van der Waals surface area contributed by atoms with Crippen LogP contribution in [0.3, 0.4) is 0 Å². The molecule has 1 aliphatic heterocycles. The van der Waals surface area contributed by atoms with E-state index in [1.165, 1.54) is 5.69 Å². The average molecular weight is 262 g/mol. The molecule has 1 heterocycles. The van der Waals surface area contributed by atoms with E-state index >= 15 is 0 Å². The monoisotopic (exact) mass is 262 g/mol. The lowest BCUT2D eigenvalue weighted by molar-refractivity contribution is -0.119. The lowest BCUT2D eigenvalue weighted by atomic mass is 9.91. The molecule has 1 saturated heterocycles. The van der Waals surface area contributed by atoms with Crippen LogP contribution >= 0.6 is 0 Å². The zero-order valence-electron chi connectivity index (χ0n) is 11.4. The number of piperidine rings is 1. The molecule has 19 heavy (non-hydrogen) atoms. The quantitative estimate of drug-likeness (QED) is 0.862. The van der Waals surface area contributed by atoms with E-state index in [1.54, 1.807) is 6.92 Å². The molecule has 2 unspecified atom stereocenters. The predicted molar refractivity (Wildman–Crippen MR) is 76.1 cm³/mol. The van der Waals surface area contributed by atoms with Crippen molar-refractivity contribution in [3.8, 4) is 0 Å². The fourth-order valence-corrected chi connectivity index (χ4v) is 2.84. The molecule has 1 aliphatic rings. The molecular weight excluding hydrogens is 240 g/mol. The molecule has 104 valence electrons. The van der Waals surface area contributed by atoms with Crippen LogP contribution in [0.5, 0.6) is 0 Å². The van der Waals surface area contributed by atoms with E-state index < -0.39 is 0 Å².